The van der Waals surface area contributed by atoms with Gasteiger partial charge in [-0.2, -0.15) is 0 Å². The number of amides is 1. The van der Waals surface area contributed by atoms with Crippen molar-refractivity contribution in [1.29, 1.82) is 0 Å². The highest BCUT2D eigenvalue weighted by molar-refractivity contribution is 7.97. The number of carbonyl (C=O) groups excluding carboxylic acids is 2. The fourth-order valence-corrected chi connectivity index (χ4v) is 5.86. The van der Waals surface area contributed by atoms with Crippen LogP contribution >= 0.6 is 11.9 Å². The molecule has 0 fully saturated rings. The smallest absolute Gasteiger partial charge is 0.271 e. The molecule has 0 spiro atoms. The quantitative estimate of drug-likeness (QED) is 0.245. The summed E-state index contributed by atoms with van der Waals surface area (Å²) in [5.41, 5.74) is 7.81. The van der Waals surface area contributed by atoms with Gasteiger partial charge in [-0.25, -0.2) is 0 Å². The number of aromatic nitrogens is 1. The van der Waals surface area contributed by atoms with Gasteiger partial charge in [0.15, 0.2) is 0 Å². The summed E-state index contributed by atoms with van der Waals surface area (Å²) in [4.78, 5) is 30.9. The lowest BCUT2D eigenvalue weighted by Crippen LogP contribution is -2.60. The third kappa shape index (κ3) is 3.34. The van der Waals surface area contributed by atoms with E-state index in [0.717, 1.165) is 21.7 Å². The van der Waals surface area contributed by atoms with Gasteiger partial charge < -0.3 is 25.9 Å². The van der Waals surface area contributed by atoms with E-state index in [9.17, 15) is 14.7 Å². The number of Topliss-reactive ketones (excluding diaryl/α,β-unsaturated/α-hetero) is 1. The molecule has 36 heavy (non-hydrogen) atoms. The molecule has 0 saturated heterocycles. The molecule has 0 saturated carbocycles. The molecular weight excluding hydrogens is 476 g/mol. The predicted octanol–water partition coefficient (Wildman–Crippen LogP) is 3.37. The molecule has 188 valence electrons. The first-order valence-electron chi connectivity index (χ1n) is 12.0. The second-order valence-electron chi connectivity index (χ2n) is 9.60. The highest BCUT2D eigenvalue weighted by atomic mass is 32.2. The molecule has 2 aromatic carbocycles. The normalized spacial score (nSPS) is 21.8. The van der Waals surface area contributed by atoms with Gasteiger partial charge >= 0.3 is 0 Å². The zero-order valence-electron chi connectivity index (χ0n) is 20.7. The first kappa shape index (κ1) is 24.6. The average Bonchev–Trinajstić information content (AvgIpc) is 3.36. The van der Waals surface area contributed by atoms with Crippen LogP contribution in [-0.4, -0.2) is 34.9 Å². The Morgan fingerprint density at radius 3 is 2.64 bits per heavy atom. The van der Waals surface area contributed by atoms with Crippen molar-refractivity contribution in [3.63, 3.8) is 0 Å². The van der Waals surface area contributed by atoms with Crippen molar-refractivity contribution in [2.24, 2.45) is 5.73 Å². The Labute approximate surface area is 214 Å². The third-order valence-electron chi connectivity index (χ3n) is 7.19. The van der Waals surface area contributed by atoms with Gasteiger partial charge in [0.1, 0.15) is 11.4 Å². The van der Waals surface area contributed by atoms with E-state index in [2.05, 4.69) is 28.9 Å². The van der Waals surface area contributed by atoms with Gasteiger partial charge in [-0.05, 0) is 54.5 Å². The minimum atomic E-state index is -2.08. The number of benzene rings is 2. The number of ketones is 1. The maximum atomic E-state index is 14.0. The van der Waals surface area contributed by atoms with E-state index in [1.54, 1.807) is 30.3 Å². The molecule has 2 aliphatic rings. The number of aromatic amines is 1. The standard InChI is InChI=1S/C27H30N4O4S/c1-14(2)17-9-10-20-21(13-17)35-27(34)19-8-6-5-7-18(19)23(32)26(20,27)31-24(33)22-15(3)16(4)25(30-22)36-29-12-11-28/h5-10,13-14,29-30,34H,11-12,28H2,1-4H3,(H,31,33). The molecule has 1 aliphatic carbocycles. The van der Waals surface area contributed by atoms with Gasteiger partial charge in [-0.1, -0.05) is 50.2 Å². The van der Waals surface area contributed by atoms with Gasteiger partial charge in [0.2, 0.25) is 11.3 Å². The number of aliphatic hydroxyl groups is 1. The predicted molar refractivity (Wildman–Crippen MR) is 138 cm³/mol. The van der Waals surface area contributed by atoms with Gasteiger partial charge in [0.05, 0.1) is 5.03 Å². The summed E-state index contributed by atoms with van der Waals surface area (Å²) in [5, 5.41) is 15.7. The van der Waals surface area contributed by atoms with Crippen molar-refractivity contribution >= 4 is 23.6 Å². The number of hydrogen-bond acceptors (Lipinski definition) is 7. The van der Waals surface area contributed by atoms with Crippen LogP contribution < -0.4 is 20.5 Å². The van der Waals surface area contributed by atoms with Crippen molar-refractivity contribution in [3.8, 4) is 5.75 Å². The number of hydrogen-bond donors (Lipinski definition) is 5. The summed E-state index contributed by atoms with van der Waals surface area (Å²) in [5.74, 6) is -2.40. The Bertz CT molecular complexity index is 1380. The first-order chi connectivity index (χ1) is 17.2. The van der Waals surface area contributed by atoms with E-state index < -0.39 is 23.0 Å². The van der Waals surface area contributed by atoms with Gasteiger partial charge in [-0.3, -0.25) is 14.3 Å². The summed E-state index contributed by atoms with van der Waals surface area (Å²) in [6.07, 6.45) is 0. The maximum Gasteiger partial charge on any atom is 0.271 e. The zero-order valence-corrected chi connectivity index (χ0v) is 21.5. The number of nitrogens with two attached hydrogens (primary N) is 1. The lowest BCUT2D eigenvalue weighted by Gasteiger charge is -2.34. The third-order valence-corrected chi connectivity index (χ3v) is 8.15. The lowest BCUT2D eigenvalue weighted by molar-refractivity contribution is -0.169. The van der Waals surface area contributed by atoms with Crippen molar-refractivity contribution < 1.29 is 19.4 Å². The number of carbonyl (C=O) groups is 2. The van der Waals surface area contributed by atoms with Crippen LogP contribution in [0.1, 0.15) is 68.4 Å². The second kappa shape index (κ2) is 8.77. The SMILES string of the molecule is Cc1c(SNCCN)[nH]c(C(=O)NC23C(=O)c4ccccc4C2(O)Oc2cc(C(C)C)ccc23)c1C. The second-order valence-corrected chi connectivity index (χ2v) is 10.5. The Kier molecular flexibility index (Phi) is 5.99. The summed E-state index contributed by atoms with van der Waals surface area (Å²) in [6.45, 7) is 8.97. The van der Waals surface area contributed by atoms with Crippen LogP contribution in [0.5, 0.6) is 5.75 Å². The van der Waals surface area contributed by atoms with Crippen LogP contribution in [0.3, 0.4) is 0 Å². The van der Waals surface area contributed by atoms with Crippen LogP contribution in [0.25, 0.3) is 0 Å². The zero-order chi connectivity index (χ0) is 25.8. The molecule has 1 aliphatic heterocycles. The molecule has 2 atom stereocenters. The van der Waals surface area contributed by atoms with Crippen LogP contribution in [-0.2, 0) is 11.3 Å². The topological polar surface area (TPSA) is 129 Å². The monoisotopic (exact) mass is 506 g/mol. The first-order valence-corrected chi connectivity index (χ1v) is 12.8. The van der Waals surface area contributed by atoms with E-state index in [1.165, 1.54) is 11.9 Å². The molecule has 0 radical (unpaired) electrons. The maximum absolute atomic E-state index is 14.0. The summed E-state index contributed by atoms with van der Waals surface area (Å²) in [7, 11) is 0. The Morgan fingerprint density at radius 1 is 1.17 bits per heavy atom. The van der Waals surface area contributed by atoms with E-state index in [1.807, 2.05) is 26.0 Å². The number of nitrogens with one attached hydrogen (secondary N) is 3. The minimum absolute atomic E-state index is 0.218. The minimum Gasteiger partial charge on any atom is -0.454 e. The van der Waals surface area contributed by atoms with Crippen molar-refractivity contribution in [2.45, 2.75) is 50.0 Å². The molecule has 1 amide bonds. The van der Waals surface area contributed by atoms with Crippen molar-refractivity contribution in [1.82, 2.24) is 15.0 Å². The fraction of sp³-hybridized carbons (Fsp3) is 0.333. The molecule has 9 heteroatoms. The number of H-pyrrole nitrogens is 1. The summed E-state index contributed by atoms with van der Waals surface area (Å²) < 4.78 is 9.30. The van der Waals surface area contributed by atoms with E-state index in [-0.39, 0.29) is 5.92 Å². The molecule has 1 aromatic heterocycles. The molecule has 2 heterocycles. The summed E-state index contributed by atoms with van der Waals surface area (Å²) in [6, 6.07) is 12.3. The van der Waals surface area contributed by atoms with Crippen LogP contribution in [0.15, 0.2) is 47.5 Å². The lowest BCUT2D eigenvalue weighted by atomic mass is 9.82. The largest absolute Gasteiger partial charge is 0.454 e. The molecule has 3 aromatic rings. The number of rotatable bonds is 7. The Hall–Kier alpha value is -3.11. The number of ether oxygens (including phenoxy) is 1. The van der Waals surface area contributed by atoms with E-state index in [4.69, 9.17) is 10.5 Å². The van der Waals surface area contributed by atoms with Crippen LogP contribution in [0.2, 0.25) is 0 Å². The van der Waals surface area contributed by atoms with Crippen LogP contribution in [0, 0.1) is 13.8 Å². The number of fused-ring (bicyclic) bond motifs is 5. The summed E-state index contributed by atoms with van der Waals surface area (Å²) >= 11 is 1.36. The highest BCUT2D eigenvalue weighted by Gasteiger charge is 2.71. The molecule has 2 unspecified atom stereocenters. The fourth-order valence-electron chi connectivity index (χ4n) is 5.03. The van der Waals surface area contributed by atoms with E-state index in [0.29, 0.717) is 41.2 Å². The molecule has 8 nitrogen and oxygen atoms in total. The van der Waals surface area contributed by atoms with Crippen molar-refractivity contribution in [2.75, 3.05) is 13.1 Å². The molecule has 6 N–H and O–H groups in total. The Morgan fingerprint density at radius 2 is 1.92 bits per heavy atom. The molecule has 5 rings (SSSR count). The van der Waals surface area contributed by atoms with E-state index >= 15 is 0 Å². The van der Waals surface area contributed by atoms with Gasteiger partial charge in [0, 0.05) is 29.8 Å². The average molecular weight is 507 g/mol. The Balaban J connectivity index is 1.61. The molecular formula is C27H30N4O4S. The van der Waals surface area contributed by atoms with Crippen molar-refractivity contribution in [3.05, 3.63) is 81.5 Å². The molecule has 0 bridgehead atoms. The van der Waals surface area contributed by atoms with Gasteiger partial charge in [0.25, 0.3) is 11.7 Å². The van der Waals surface area contributed by atoms with Crippen LogP contribution in [0.4, 0.5) is 0 Å². The highest BCUT2D eigenvalue weighted by Crippen LogP contribution is 2.58. The van der Waals surface area contributed by atoms with Gasteiger partial charge in [-0.15, -0.1) is 0 Å².